The van der Waals surface area contributed by atoms with Gasteiger partial charge in [0, 0.05) is 42.0 Å². The average Bonchev–Trinajstić information content (AvgIpc) is 3.41. The number of aromatic nitrogens is 5. The minimum Gasteiger partial charge on any atom is -0.481 e. The van der Waals surface area contributed by atoms with Crippen LogP contribution in [0.1, 0.15) is 58.0 Å². The molecule has 8 nitrogen and oxygen atoms in total. The molecular formula is C20H24N6O2. The fourth-order valence-electron chi connectivity index (χ4n) is 3.08. The predicted octanol–water partition coefficient (Wildman–Crippen LogP) is 3.35. The van der Waals surface area contributed by atoms with E-state index in [2.05, 4.69) is 36.1 Å². The molecule has 0 radical (unpaired) electrons. The molecule has 8 heteroatoms. The summed E-state index contributed by atoms with van der Waals surface area (Å²) in [6, 6.07) is 3.61. The second-order valence-electron chi connectivity index (χ2n) is 8.18. The Morgan fingerprint density at radius 1 is 1.25 bits per heavy atom. The number of ether oxygens (including phenoxy) is 1. The first-order valence-electron chi connectivity index (χ1n) is 9.36. The van der Waals surface area contributed by atoms with Crippen LogP contribution in [0.3, 0.4) is 0 Å². The highest BCUT2D eigenvalue weighted by Crippen LogP contribution is 2.43. The third-order valence-corrected chi connectivity index (χ3v) is 4.65. The van der Waals surface area contributed by atoms with Crippen LogP contribution in [0.2, 0.25) is 0 Å². The Hall–Kier alpha value is -3.03. The molecule has 4 rings (SSSR count). The van der Waals surface area contributed by atoms with Crippen molar-refractivity contribution >= 4 is 22.6 Å². The van der Waals surface area contributed by atoms with Gasteiger partial charge in [0.05, 0.1) is 18.3 Å². The van der Waals surface area contributed by atoms with E-state index in [0.29, 0.717) is 29.3 Å². The second kappa shape index (κ2) is 6.54. The Balaban J connectivity index is 1.93. The topological polar surface area (TPSA) is 94.8 Å². The van der Waals surface area contributed by atoms with Gasteiger partial charge in [0.25, 0.3) is 0 Å². The molecule has 3 aromatic rings. The van der Waals surface area contributed by atoms with Gasteiger partial charge in [-0.05, 0) is 12.8 Å². The molecular weight excluding hydrogens is 356 g/mol. The lowest BCUT2D eigenvalue weighted by atomic mass is 9.96. The molecule has 0 saturated heterocycles. The van der Waals surface area contributed by atoms with Gasteiger partial charge in [0.2, 0.25) is 11.8 Å². The van der Waals surface area contributed by atoms with Crippen LogP contribution in [0, 0.1) is 0 Å². The molecule has 0 unspecified atom stereocenters. The number of amides is 1. The quantitative estimate of drug-likeness (QED) is 0.746. The first-order valence-corrected chi connectivity index (χ1v) is 9.36. The molecule has 146 valence electrons. The molecule has 1 aliphatic rings. The number of anilines is 1. The molecule has 0 spiro atoms. The molecule has 28 heavy (non-hydrogen) atoms. The van der Waals surface area contributed by atoms with E-state index in [1.807, 2.05) is 6.07 Å². The van der Waals surface area contributed by atoms with Crippen molar-refractivity contribution in [3.8, 4) is 11.7 Å². The van der Waals surface area contributed by atoms with Crippen LogP contribution in [0.4, 0.5) is 5.82 Å². The average molecular weight is 380 g/mol. The third kappa shape index (κ3) is 3.42. The minimum atomic E-state index is -0.242. The first-order chi connectivity index (χ1) is 13.3. The number of nitrogens with one attached hydrogen (secondary N) is 1. The van der Waals surface area contributed by atoms with Crippen LogP contribution in [0.5, 0.6) is 5.88 Å². The van der Waals surface area contributed by atoms with E-state index in [1.54, 1.807) is 24.1 Å². The van der Waals surface area contributed by atoms with Gasteiger partial charge in [0.1, 0.15) is 11.6 Å². The van der Waals surface area contributed by atoms with Gasteiger partial charge in [-0.2, -0.15) is 10.1 Å². The molecule has 1 fully saturated rings. The normalized spacial score (nSPS) is 14.3. The van der Waals surface area contributed by atoms with Crippen molar-refractivity contribution in [1.82, 2.24) is 24.7 Å². The summed E-state index contributed by atoms with van der Waals surface area (Å²) in [4.78, 5) is 25.1. The number of hydrogen-bond donors (Lipinski definition) is 1. The van der Waals surface area contributed by atoms with Crippen molar-refractivity contribution in [2.75, 3.05) is 12.4 Å². The molecule has 1 amide bonds. The van der Waals surface area contributed by atoms with Crippen LogP contribution in [0.25, 0.3) is 16.7 Å². The summed E-state index contributed by atoms with van der Waals surface area (Å²) in [5.41, 5.74) is 1.63. The highest BCUT2D eigenvalue weighted by molar-refractivity contribution is 5.91. The summed E-state index contributed by atoms with van der Waals surface area (Å²) in [5.74, 6) is 2.56. The van der Waals surface area contributed by atoms with Crippen LogP contribution in [-0.2, 0) is 10.2 Å². The standard InChI is InChI=1S/C20H24N6O2/c1-11(27)22-15-8-14-13(10-21-15)18(12-6-7-12)25-26(14)16-9-17(28-5)24-19(23-16)20(2,3)4/h8-10,12H,6-7H2,1-5H3,(H,21,22,27). The molecule has 1 saturated carbocycles. The van der Waals surface area contributed by atoms with Gasteiger partial charge in [-0.3, -0.25) is 4.79 Å². The Morgan fingerprint density at radius 3 is 2.61 bits per heavy atom. The first kappa shape index (κ1) is 18.3. The van der Waals surface area contributed by atoms with Crippen LogP contribution in [0.15, 0.2) is 18.3 Å². The Morgan fingerprint density at radius 2 is 2.00 bits per heavy atom. The van der Waals surface area contributed by atoms with E-state index in [0.717, 1.165) is 29.4 Å². The van der Waals surface area contributed by atoms with E-state index in [1.165, 1.54) is 6.92 Å². The van der Waals surface area contributed by atoms with Crippen LogP contribution < -0.4 is 10.1 Å². The lowest BCUT2D eigenvalue weighted by Crippen LogP contribution is -2.18. The summed E-state index contributed by atoms with van der Waals surface area (Å²) >= 11 is 0. The maximum Gasteiger partial charge on any atom is 0.222 e. The number of hydrogen-bond acceptors (Lipinski definition) is 6. The number of fused-ring (bicyclic) bond motifs is 1. The molecule has 1 N–H and O–H groups in total. The fourth-order valence-corrected chi connectivity index (χ4v) is 3.08. The molecule has 0 atom stereocenters. The summed E-state index contributed by atoms with van der Waals surface area (Å²) in [7, 11) is 1.59. The van der Waals surface area contributed by atoms with Crippen molar-refractivity contribution in [2.24, 2.45) is 0 Å². The summed E-state index contributed by atoms with van der Waals surface area (Å²) in [6.45, 7) is 7.63. The fraction of sp³-hybridized carbons (Fsp3) is 0.450. The van der Waals surface area contributed by atoms with Gasteiger partial charge in [-0.1, -0.05) is 20.8 Å². The third-order valence-electron chi connectivity index (χ3n) is 4.65. The summed E-state index contributed by atoms with van der Waals surface area (Å²) in [6.07, 6.45) is 4.03. The number of carbonyl (C=O) groups is 1. The van der Waals surface area contributed by atoms with Crippen molar-refractivity contribution in [1.29, 1.82) is 0 Å². The number of methoxy groups -OCH3 is 1. The highest BCUT2D eigenvalue weighted by atomic mass is 16.5. The van der Waals surface area contributed by atoms with E-state index in [-0.39, 0.29) is 11.3 Å². The smallest absolute Gasteiger partial charge is 0.222 e. The maximum absolute atomic E-state index is 11.5. The van der Waals surface area contributed by atoms with E-state index in [4.69, 9.17) is 14.8 Å². The zero-order valence-corrected chi connectivity index (χ0v) is 16.8. The molecule has 0 aromatic carbocycles. The summed E-state index contributed by atoms with van der Waals surface area (Å²) in [5, 5.41) is 8.58. The van der Waals surface area contributed by atoms with Crippen molar-refractivity contribution < 1.29 is 9.53 Å². The monoisotopic (exact) mass is 380 g/mol. The van der Waals surface area contributed by atoms with Gasteiger partial charge >= 0.3 is 0 Å². The molecule has 3 heterocycles. The Labute approximate surface area is 163 Å². The van der Waals surface area contributed by atoms with Gasteiger partial charge in [-0.25, -0.2) is 14.6 Å². The van der Waals surface area contributed by atoms with E-state index >= 15 is 0 Å². The largest absolute Gasteiger partial charge is 0.481 e. The summed E-state index contributed by atoms with van der Waals surface area (Å²) < 4.78 is 7.21. The lowest BCUT2D eigenvalue weighted by Gasteiger charge is -2.18. The molecule has 0 bridgehead atoms. The lowest BCUT2D eigenvalue weighted by molar-refractivity contribution is -0.114. The molecule has 3 aromatic heterocycles. The Bertz CT molecular complexity index is 1060. The SMILES string of the molecule is COc1cc(-n2nc(C3CC3)c3cnc(NC(C)=O)cc32)nc(C(C)(C)C)n1. The zero-order chi connectivity index (χ0) is 20.1. The molecule has 1 aliphatic carbocycles. The number of carbonyl (C=O) groups excluding carboxylic acids is 1. The zero-order valence-electron chi connectivity index (χ0n) is 16.8. The highest BCUT2D eigenvalue weighted by Gasteiger charge is 2.30. The van der Waals surface area contributed by atoms with Crippen LogP contribution in [-0.4, -0.2) is 37.7 Å². The van der Waals surface area contributed by atoms with Crippen molar-refractivity contribution in [2.45, 2.75) is 51.9 Å². The van der Waals surface area contributed by atoms with Gasteiger partial charge in [0.15, 0.2) is 5.82 Å². The maximum atomic E-state index is 11.5. The van der Waals surface area contributed by atoms with E-state index < -0.39 is 0 Å². The van der Waals surface area contributed by atoms with E-state index in [9.17, 15) is 4.79 Å². The van der Waals surface area contributed by atoms with Crippen LogP contribution >= 0.6 is 0 Å². The number of pyridine rings is 1. The second-order valence-corrected chi connectivity index (χ2v) is 8.18. The molecule has 0 aliphatic heterocycles. The van der Waals surface area contributed by atoms with Gasteiger partial charge in [-0.15, -0.1) is 0 Å². The number of rotatable bonds is 4. The minimum absolute atomic E-state index is 0.168. The predicted molar refractivity (Wildman–Crippen MR) is 106 cm³/mol. The van der Waals surface area contributed by atoms with Gasteiger partial charge < -0.3 is 10.1 Å². The van der Waals surface area contributed by atoms with Crippen molar-refractivity contribution in [3.05, 3.63) is 29.8 Å². The van der Waals surface area contributed by atoms with Crippen molar-refractivity contribution in [3.63, 3.8) is 0 Å². The number of nitrogens with zero attached hydrogens (tertiary/aromatic N) is 5. The Kier molecular flexibility index (Phi) is 4.28.